The second-order valence-electron chi connectivity index (χ2n) is 4.22. The van der Waals surface area contributed by atoms with Gasteiger partial charge < -0.3 is 20.7 Å². The number of nitrogens with zero attached hydrogens (tertiary/aromatic N) is 1. The second-order valence-corrected chi connectivity index (χ2v) is 4.22. The molecule has 0 saturated heterocycles. The Kier molecular flexibility index (Phi) is 4.39. The van der Waals surface area contributed by atoms with Crippen molar-refractivity contribution < 1.29 is 14.4 Å². The summed E-state index contributed by atoms with van der Waals surface area (Å²) in [5.74, 6) is -1.32. The number of hydrogen-bond acceptors (Lipinski definition) is 4. The van der Waals surface area contributed by atoms with E-state index in [9.17, 15) is 4.79 Å². The number of amides is 1. The standard InChI is InChI=1S/C14H15N3O3/c15-13(17-19)12(11-4-2-1-3-5-11)14(18)16-8-10-6-7-20-9-10/h1-7,9,12,19H,8H2,(H2,15,17)(H,16,18). The molecule has 1 aromatic heterocycles. The highest BCUT2D eigenvalue weighted by Crippen LogP contribution is 2.16. The Morgan fingerprint density at radius 1 is 1.35 bits per heavy atom. The second kappa shape index (κ2) is 6.42. The zero-order valence-electron chi connectivity index (χ0n) is 10.7. The van der Waals surface area contributed by atoms with E-state index in [4.69, 9.17) is 15.4 Å². The number of nitrogens with two attached hydrogens (primary N) is 1. The van der Waals surface area contributed by atoms with Gasteiger partial charge in [-0.3, -0.25) is 4.79 Å². The lowest BCUT2D eigenvalue weighted by molar-refractivity contribution is -0.121. The Morgan fingerprint density at radius 3 is 2.70 bits per heavy atom. The van der Waals surface area contributed by atoms with E-state index in [2.05, 4.69) is 10.5 Å². The number of nitrogens with one attached hydrogen (secondary N) is 1. The minimum atomic E-state index is -0.826. The van der Waals surface area contributed by atoms with Crippen LogP contribution in [0.15, 0.2) is 58.5 Å². The van der Waals surface area contributed by atoms with Crippen LogP contribution in [-0.2, 0) is 11.3 Å². The van der Waals surface area contributed by atoms with E-state index in [1.165, 1.54) is 6.26 Å². The minimum Gasteiger partial charge on any atom is -0.472 e. The maximum Gasteiger partial charge on any atom is 0.235 e. The molecule has 1 unspecified atom stereocenters. The molecule has 0 radical (unpaired) electrons. The van der Waals surface area contributed by atoms with Crippen LogP contribution >= 0.6 is 0 Å². The fraction of sp³-hybridized carbons (Fsp3) is 0.143. The van der Waals surface area contributed by atoms with Crippen LogP contribution in [-0.4, -0.2) is 17.0 Å². The molecular formula is C14H15N3O3. The summed E-state index contributed by atoms with van der Waals surface area (Å²) in [5.41, 5.74) is 7.12. The summed E-state index contributed by atoms with van der Waals surface area (Å²) in [5, 5.41) is 14.5. The zero-order valence-corrected chi connectivity index (χ0v) is 10.7. The summed E-state index contributed by atoms with van der Waals surface area (Å²) < 4.78 is 4.92. The number of oxime groups is 1. The molecule has 2 rings (SSSR count). The van der Waals surface area contributed by atoms with Crippen LogP contribution in [0.2, 0.25) is 0 Å². The van der Waals surface area contributed by atoms with Gasteiger partial charge in [-0.2, -0.15) is 0 Å². The molecule has 0 fully saturated rings. The molecule has 0 spiro atoms. The average Bonchev–Trinajstić information content (AvgIpc) is 2.99. The van der Waals surface area contributed by atoms with Gasteiger partial charge in [-0.1, -0.05) is 35.5 Å². The highest BCUT2D eigenvalue weighted by molar-refractivity contribution is 6.07. The Morgan fingerprint density at radius 2 is 2.10 bits per heavy atom. The molecule has 2 aromatic rings. The van der Waals surface area contributed by atoms with Crippen molar-refractivity contribution in [3.63, 3.8) is 0 Å². The summed E-state index contributed by atoms with van der Waals surface area (Å²) in [4.78, 5) is 12.2. The highest BCUT2D eigenvalue weighted by Gasteiger charge is 2.24. The molecule has 0 aliphatic heterocycles. The van der Waals surface area contributed by atoms with Crippen molar-refractivity contribution >= 4 is 11.7 Å². The third-order valence-electron chi connectivity index (χ3n) is 2.85. The monoisotopic (exact) mass is 273 g/mol. The van der Waals surface area contributed by atoms with Crippen LogP contribution in [0, 0.1) is 0 Å². The number of carbonyl (C=O) groups excluding carboxylic acids is 1. The molecule has 0 saturated carbocycles. The summed E-state index contributed by atoms with van der Waals surface area (Å²) in [6, 6.07) is 10.7. The maximum atomic E-state index is 12.2. The van der Waals surface area contributed by atoms with Crippen molar-refractivity contribution in [3.8, 4) is 0 Å². The largest absolute Gasteiger partial charge is 0.472 e. The van der Waals surface area contributed by atoms with Crippen molar-refractivity contribution in [3.05, 3.63) is 60.1 Å². The van der Waals surface area contributed by atoms with Gasteiger partial charge >= 0.3 is 0 Å². The molecule has 104 valence electrons. The first-order chi connectivity index (χ1) is 9.72. The van der Waals surface area contributed by atoms with E-state index >= 15 is 0 Å². The molecule has 6 nitrogen and oxygen atoms in total. The Balaban J connectivity index is 2.13. The van der Waals surface area contributed by atoms with Gasteiger partial charge in [-0.25, -0.2) is 0 Å². The predicted octanol–water partition coefficient (Wildman–Crippen LogP) is 1.43. The fourth-order valence-electron chi connectivity index (χ4n) is 1.84. The van der Waals surface area contributed by atoms with Crippen molar-refractivity contribution in [2.45, 2.75) is 12.5 Å². The van der Waals surface area contributed by atoms with Crippen molar-refractivity contribution in [1.29, 1.82) is 0 Å². The maximum absolute atomic E-state index is 12.2. The first-order valence-electron chi connectivity index (χ1n) is 6.03. The zero-order chi connectivity index (χ0) is 14.4. The molecular weight excluding hydrogens is 258 g/mol. The molecule has 20 heavy (non-hydrogen) atoms. The highest BCUT2D eigenvalue weighted by atomic mass is 16.4. The minimum absolute atomic E-state index is 0.152. The van der Waals surface area contributed by atoms with E-state index in [-0.39, 0.29) is 11.7 Å². The van der Waals surface area contributed by atoms with E-state index in [0.717, 1.165) is 5.56 Å². The molecule has 0 aliphatic carbocycles. The summed E-state index contributed by atoms with van der Waals surface area (Å²) in [6.07, 6.45) is 3.07. The van der Waals surface area contributed by atoms with Crippen LogP contribution in [0.4, 0.5) is 0 Å². The van der Waals surface area contributed by atoms with E-state index in [0.29, 0.717) is 12.1 Å². The summed E-state index contributed by atoms with van der Waals surface area (Å²) in [7, 11) is 0. The topological polar surface area (TPSA) is 101 Å². The van der Waals surface area contributed by atoms with Gasteiger partial charge in [0, 0.05) is 12.1 Å². The van der Waals surface area contributed by atoms with E-state index in [1.54, 1.807) is 36.6 Å². The first-order valence-corrected chi connectivity index (χ1v) is 6.03. The van der Waals surface area contributed by atoms with Crippen LogP contribution in [0.1, 0.15) is 17.0 Å². The third-order valence-corrected chi connectivity index (χ3v) is 2.85. The van der Waals surface area contributed by atoms with Gasteiger partial charge in [0.25, 0.3) is 0 Å². The van der Waals surface area contributed by atoms with Gasteiger partial charge in [0.2, 0.25) is 5.91 Å². The number of carbonyl (C=O) groups is 1. The lowest BCUT2D eigenvalue weighted by Gasteiger charge is -2.15. The number of hydrogen-bond donors (Lipinski definition) is 3. The number of amidine groups is 1. The summed E-state index contributed by atoms with van der Waals surface area (Å²) >= 11 is 0. The SMILES string of the molecule is N/C(=N/O)C(C(=O)NCc1ccoc1)c1ccccc1. The van der Waals surface area contributed by atoms with Crippen LogP contribution in [0.25, 0.3) is 0 Å². The molecule has 1 aromatic carbocycles. The smallest absolute Gasteiger partial charge is 0.235 e. The molecule has 6 heteroatoms. The molecule has 0 aliphatic rings. The van der Waals surface area contributed by atoms with Gasteiger partial charge in [-0.05, 0) is 11.6 Å². The van der Waals surface area contributed by atoms with E-state index in [1.807, 2.05) is 6.07 Å². The Hall–Kier alpha value is -2.76. The molecule has 1 heterocycles. The first kappa shape index (κ1) is 13.7. The van der Waals surface area contributed by atoms with Gasteiger partial charge in [0.05, 0.1) is 12.5 Å². The lowest BCUT2D eigenvalue weighted by atomic mass is 9.97. The quantitative estimate of drug-likeness (QED) is 0.332. The predicted molar refractivity (Wildman–Crippen MR) is 73.1 cm³/mol. The van der Waals surface area contributed by atoms with Crippen LogP contribution in [0.5, 0.6) is 0 Å². The van der Waals surface area contributed by atoms with E-state index < -0.39 is 5.92 Å². The van der Waals surface area contributed by atoms with Crippen LogP contribution in [0.3, 0.4) is 0 Å². The fourth-order valence-corrected chi connectivity index (χ4v) is 1.84. The Labute approximate surface area is 115 Å². The summed E-state index contributed by atoms with van der Waals surface area (Å²) in [6.45, 7) is 0.317. The van der Waals surface area contributed by atoms with Gasteiger partial charge in [-0.15, -0.1) is 0 Å². The van der Waals surface area contributed by atoms with Gasteiger partial charge in [0.15, 0.2) is 5.84 Å². The normalized spacial score (nSPS) is 12.9. The van der Waals surface area contributed by atoms with Crippen molar-refractivity contribution in [2.75, 3.05) is 0 Å². The number of rotatable bonds is 5. The molecule has 1 atom stereocenters. The third kappa shape index (κ3) is 3.17. The van der Waals surface area contributed by atoms with Crippen molar-refractivity contribution in [2.24, 2.45) is 10.9 Å². The molecule has 4 N–H and O–H groups in total. The number of furan rings is 1. The number of benzene rings is 1. The van der Waals surface area contributed by atoms with Gasteiger partial charge in [0.1, 0.15) is 5.92 Å². The molecule has 0 bridgehead atoms. The average molecular weight is 273 g/mol. The lowest BCUT2D eigenvalue weighted by Crippen LogP contribution is -2.36. The Bertz CT molecular complexity index is 579. The molecule has 1 amide bonds. The van der Waals surface area contributed by atoms with Crippen LogP contribution < -0.4 is 11.1 Å². The van der Waals surface area contributed by atoms with Crippen molar-refractivity contribution in [1.82, 2.24) is 5.32 Å².